The highest BCUT2D eigenvalue weighted by molar-refractivity contribution is 7.98. The third-order valence-corrected chi connectivity index (χ3v) is 5.75. The van der Waals surface area contributed by atoms with Crippen molar-refractivity contribution in [3.63, 3.8) is 0 Å². The van der Waals surface area contributed by atoms with Crippen molar-refractivity contribution < 1.29 is 4.79 Å². The topological polar surface area (TPSA) is 72.7 Å². The number of pyridine rings is 1. The van der Waals surface area contributed by atoms with Crippen LogP contribution in [-0.4, -0.2) is 25.5 Å². The number of rotatable bonds is 5. The molecule has 2 aromatic heterocycles. The van der Waals surface area contributed by atoms with E-state index in [1.807, 2.05) is 49.4 Å². The standard InChI is InChI=1S/C20H18ClN5OS/c1-12-17(13(2)27)18(16-9-5-6-10-22-16)26-19(23-12)24-20(25-26)28-11-14-7-3-4-8-15(14)21/h3-10,18H,11H2,1-2H3,(H,23,24,25). The Morgan fingerprint density at radius 3 is 2.75 bits per heavy atom. The summed E-state index contributed by atoms with van der Waals surface area (Å²) in [5.74, 6) is 1.23. The van der Waals surface area contributed by atoms with Crippen LogP contribution < -0.4 is 5.32 Å². The van der Waals surface area contributed by atoms with Gasteiger partial charge in [-0.1, -0.05) is 47.6 Å². The van der Waals surface area contributed by atoms with Crippen LogP contribution in [-0.2, 0) is 10.5 Å². The maximum absolute atomic E-state index is 12.4. The van der Waals surface area contributed by atoms with E-state index in [4.69, 9.17) is 11.6 Å². The number of ketones is 1. The highest BCUT2D eigenvalue weighted by Gasteiger charge is 2.33. The molecule has 8 heteroatoms. The second-order valence-electron chi connectivity index (χ2n) is 6.42. The zero-order valence-corrected chi connectivity index (χ0v) is 17.0. The Bertz CT molecular complexity index is 1060. The van der Waals surface area contributed by atoms with Gasteiger partial charge in [0, 0.05) is 28.2 Å². The molecule has 1 aliphatic heterocycles. The summed E-state index contributed by atoms with van der Waals surface area (Å²) in [5.41, 5.74) is 3.18. The molecule has 1 unspecified atom stereocenters. The van der Waals surface area contributed by atoms with Crippen molar-refractivity contribution in [2.24, 2.45) is 0 Å². The smallest absolute Gasteiger partial charge is 0.227 e. The molecule has 0 spiro atoms. The van der Waals surface area contributed by atoms with Crippen molar-refractivity contribution in [3.8, 4) is 0 Å². The second kappa shape index (κ2) is 7.77. The van der Waals surface area contributed by atoms with E-state index >= 15 is 0 Å². The normalized spacial score (nSPS) is 15.9. The first kappa shape index (κ1) is 18.7. The predicted molar refractivity (Wildman–Crippen MR) is 110 cm³/mol. The minimum atomic E-state index is -0.405. The number of allylic oxidation sites excluding steroid dienone is 2. The first-order valence-electron chi connectivity index (χ1n) is 8.77. The fourth-order valence-electron chi connectivity index (χ4n) is 3.22. The lowest BCUT2D eigenvalue weighted by atomic mass is 9.96. The van der Waals surface area contributed by atoms with E-state index in [9.17, 15) is 4.79 Å². The van der Waals surface area contributed by atoms with Crippen molar-refractivity contribution in [3.05, 3.63) is 76.2 Å². The first-order valence-corrected chi connectivity index (χ1v) is 10.1. The van der Waals surface area contributed by atoms with Gasteiger partial charge in [-0.25, -0.2) is 4.68 Å². The van der Waals surface area contributed by atoms with Crippen LogP contribution in [0.3, 0.4) is 0 Å². The number of anilines is 1. The number of aromatic nitrogens is 4. The summed E-state index contributed by atoms with van der Waals surface area (Å²) in [6.07, 6.45) is 1.72. The van der Waals surface area contributed by atoms with Crippen LogP contribution in [0.4, 0.5) is 5.95 Å². The quantitative estimate of drug-likeness (QED) is 0.623. The number of carbonyl (C=O) groups is 1. The van der Waals surface area contributed by atoms with E-state index in [1.54, 1.807) is 17.8 Å². The Kier molecular flexibility index (Phi) is 5.19. The molecule has 1 aliphatic rings. The highest BCUT2D eigenvalue weighted by Crippen LogP contribution is 2.36. The van der Waals surface area contributed by atoms with E-state index in [1.165, 1.54) is 11.8 Å². The predicted octanol–water partition coefficient (Wildman–Crippen LogP) is 4.50. The third kappa shape index (κ3) is 3.55. The minimum Gasteiger partial charge on any atom is -0.328 e. The van der Waals surface area contributed by atoms with Gasteiger partial charge in [0.05, 0.1) is 5.69 Å². The van der Waals surface area contributed by atoms with E-state index in [-0.39, 0.29) is 5.78 Å². The summed E-state index contributed by atoms with van der Waals surface area (Å²) >= 11 is 7.74. The summed E-state index contributed by atoms with van der Waals surface area (Å²) in [7, 11) is 0. The average Bonchev–Trinajstić information content (AvgIpc) is 3.09. The van der Waals surface area contributed by atoms with Gasteiger partial charge in [-0.15, -0.1) is 5.10 Å². The number of Topliss-reactive ketones (excluding diaryl/α,β-unsaturated/α-hetero) is 1. The molecule has 6 nitrogen and oxygen atoms in total. The summed E-state index contributed by atoms with van der Waals surface area (Å²) in [6, 6.07) is 13.0. The fourth-order valence-corrected chi connectivity index (χ4v) is 4.33. The van der Waals surface area contributed by atoms with Crippen molar-refractivity contribution in [2.45, 2.75) is 30.8 Å². The molecule has 0 saturated carbocycles. The van der Waals surface area contributed by atoms with Gasteiger partial charge in [-0.2, -0.15) is 4.98 Å². The number of carbonyl (C=O) groups excluding carboxylic acids is 1. The Labute approximate surface area is 172 Å². The van der Waals surface area contributed by atoms with Gasteiger partial charge in [0.25, 0.3) is 0 Å². The zero-order chi connectivity index (χ0) is 19.7. The van der Waals surface area contributed by atoms with Gasteiger partial charge >= 0.3 is 0 Å². The highest BCUT2D eigenvalue weighted by atomic mass is 35.5. The molecule has 0 aliphatic carbocycles. The van der Waals surface area contributed by atoms with E-state index in [0.29, 0.717) is 22.4 Å². The number of hydrogen-bond acceptors (Lipinski definition) is 6. The molecule has 1 aromatic carbocycles. The summed E-state index contributed by atoms with van der Waals surface area (Å²) in [6.45, 7) is 3.44. The molecule has 1 atom stereocenters. The summed E-state index contributed by atoms with van der Waals surface area (Å²) in [4.78, 5) is 21.4. The molecule has 1 N–H and O–H groups in total. The molecule has 142 valence electrons. The first-order chi connectivity index (χ1) is 13.5. The molecule has 0 fully saturated rings. The molecule has 4 rings (SSSR count). The molecule has 28 heavy (non-hydrogen) atoms. The number of nitrogens with zero attached hydrogens (tertiary/aromatic N) is 4. The van der Waals surface area contributed by atoms with E-state index < -0.39 is 6.04 Å². The van der Waals surface area contributed by atoms with Crippen LogP contribution in [0, 0.1) is 0 Å². The van der Waals surface area contributed by atoms with Crippen molar-refractivity contribution in [1.82, 2.24) is 19.7 Å². The van der Waals surface area contributed by atoms with Gasteiger partial charge in [0.1, 0.15) is 6.04 Å². The summed E-state index contributed by atoms with van der Waals surface area (Å²) in [5, 5.41) is 9.19. The number of nitrogens with one attached hydrogen (secondary N) is 1. The monoisotopic (exact) mass is 411 g/mol. The largest absolute Gasteiger partial charge is 0.328 e. The molecular formula is C20H18ClN5OS. The van der Waals surface area contributed by atoms with Gasteiger partial charge in [0.15, 0.2) is 5.78 Å². The van der Waals surface area contributed by atoms with Crippen LogP contribution in [0.5, 0.6) is 0 Å². The fraction of sp³-hybridized carbons (Fsp3) is 0.200. The Morgan fingerprint density at radius 2 is 2.04 bits per heavy atom. The lowest BCUT2D eigenvalue weighted by Gasteiger charge is -2.27. The maximum atomic E-state index is 12.4. The molecule has 3 heterocycles. The van der Waals surface area contributed by atoms with Gasteiger partial charge < -0.3 is 5.32 Å². The van der Waals surface area contributed by atoms with Gasteiger partial charge in [-0.05, 0) is 37.6 Å². The molecular weight excluding hydrogens is 394 g/mol. The SMILES string of the molecule is CC(=O)C1=C(C)Nc2nc(SCc3ccccc3Cl)nn2C1c1ccccn1. The van der Waals surface area contributed by atoms with E-state index in [2.05, 4.69) is 20.4 Å². The lowest BCUT2D eigenvalue weighted by molar-refractivity contribution is -0.114. The van der Waals surface area contributed by atoms with Crippen LogP contribution in [0.1, 0.15) is 31.1 Å². The summed E-state index contributed by atoms with van der Waals surface area (Å²) < 4.78 is 1.74. The van der Waals surface area contributed by atoms with Gasteiger partial charge in [-0.3, -0.25) is 9.78 Å². The molecule has 0 saturated heterocycles. The zero-order valence-electron chi connectivity index (χ0n) is 15.4. The number of fused-ring (bicyclic) bond motifs is 1. The van der Waals surface area contributed by atoms with Crippen LogP contribution in [0.25, 0.3) is 0 Å². The molecule has 0 bridgehead atoms. The number of hydrogen-bond donors (Lipinski definition) is 1. The lowest BCUT2D eigenvalue weighted by Crippen LogP contribution is -2.28. The third-order valence-electron chi connectivity index (χ3n) is 4.49. The number of thioether (sulfide) groups is 1. The van der Waals surface area contributed by atoms with Crippen molar-refractivity contribution >= 4 is 35.1 Å². The maximum Gasteiger partial charge on any atom is 0.227 e. The molecule has 0 radical (unpaired) electrons. The molecule has 0 amide bonds. The van der Waals surface area contributed by atoms with Crippen molar-refractivity contribution in [1.29, 1.82) is 0 Å². The second-order valence-corrected chi connectivity index (χ2v) is 7.77. The van der Waals surface area contributed by atoms with Gasteiger partial charge in [0.2, 0.25) is 11.1 Å². The average molecular weight is 412 g/mol. The van der Waals surface area contributed by atoms with Crippen molar-refractivity contribution in [2.75, 3.05) is 5.32 Å². The Hall–Kier alpha value is -2.64. The Balaban J connectivity index is 1.68. The Morgan fingerprint density at radius 1 is 1.25 bits per heavy atom. The van der Waals surface area contributed by atoms with E-state index in [0.717, 1.165) is 22.0 Å². The van der Waals surface area contributed by atoms with Crippen LogP contribution in [0.2, 0.25) is 5.02 Å². The number of halogens is 1. The number of benzene rings is 1. The molecule has 3 aromatic rings. The van der Waals surface area contributed by atoms with Crippen LogP contribution in [0.15, 0.2) is 65.1 Å². The minimum absolute atomic E-state index is 0.0212. The van der Waals surface area contributed by atoms with Crippen LogP contribution >= 0.6 is 23.4 Å².